The van der Waals surface area contributed by atoms with Gasteiger partial charge in [0.1, 0.15) is 18.1 Å². The molecule has 1 aromatic rings. The predicted octanol–water partition coefficient (Wildman–Crippen LogP) is 2.95. The minimum Gasteiger partial charge on any atom is -0.497 e. The molecule has 0 fully saturated rings. The average molecular weight is 375 g/mol. The molecular formula is C16H19ClO6S. The van der Waals surface area contributed by atoms with Crippen LogP contribution in [0, 0.1) is 0 Å². The summed E-state index contributed by atoms with van der Waals surface area (Å²) < 4.78 is 14.8. The molecule has 0 saturated carbocycles. The van der Waals surface area contributed by atoms with Crippen LogP contribution in [0.5, 0.6) is 11.5 Å². The highest BCUT2D eigenvalue weighted by atomic mass is 35.5. The van der Waals surface area contributed by atoms with Gasteiger partial charge in [0.15, 0.2) is 10.9 Å². The summed E-state index contributed by atoms with van der Waals surface area (Å²) in [4.78, 5) is 24.2. The Morgan fingerprint density at radius 3 is 2.83 bits per heavy atom. The van der Waals surface area contributed by atoms with E-state index < -0.39 is 22.8 Å². The Labute approximate surface area is 149 Å². The normalized spacial score (nSPS) is 22.7. The molecule has 1 N–H and O–H groups in total. The number of benzene rings is 1. The third-order valence-corrected chi connectivity index (χ3v) is 5.52. The third-order valence-electron chi connectivity index (χ3n) is 3.71. The third kappa shape index (κ3) is 3.89. The number of methoxy groups -OCH3 is 1. The fourth-order valence-electron chi connectivity index (χ4n) is 2.54. The van der Waals surface area contributed by atoms with Gasteiger partial charge in [-0.2, -0.15) is 0 Å². The van der Waals surface area contributed by atoms with E-state index in [-0.39, 0.29) is 13.0 Å². The van der Waals surface area contributed by atoms with Gasteiger partial charge in [-0.15, -0.1) is 11.6 Å². The summed E-state index contributed by atoms with van der Waals surface area (Å²) in [5, 5.41) is 9.93. The Bertz CT molecular complexity index is 623. The summed E-state index contributed by atoms with van der Waals surface area (Å²) in [5.41, 5.74) is 0. The zero-order chi connectivity index (χ0) is 17.7. The lowest BCUT2D eigenvalue weighted by Crippen LogP contribution is -2.50. The van der Waals surface area contributed by atoms with Gasteiger partial charge < -0.3 is 19.3 Å². The van der Waals surface area contributed by atoms with Crippen LogP contribution in [0.3, 0.4) is 0 Å². The van der Waals surface area contributed by atoms with E-state index in [4.69, 9.17) is 25.8 Å². The largest absolute Gasteiger partial charge is 0.497 e. The lowest BCUT2D eigenvalue weighted by molar-refractivity contribution is -0.156. The molecule has 24 heavy (non-hydrogen) atoms. The minimum absolute atomic E-state index is 0.0412. The SMILES string of the molecule is COc1ccc2c(c1)SC(CCCCl)(C(=O)O)C(OC(C)=O)CO2. The lowest BCUT2D eigenvalue weighted by Gasteiger charge is -2.33. The molecule has 0 spiro atoms. The monoisotopic (exact) mass is 374 g/mol. The van der Waals surface area contributed by atoms with Gasteiger partial charge in [-0.1, -0.05) is 11.8 Å². The number of fused-ring (bicyclic) bond motifs is 1. The van der Waals surface area contributed by atoms with Crippen molar-refractivity contribution >= 4 is 35.3 Å². The van der Waals surface area contributed by atoms with Crippen LogP contribution in [-0.4, -0.2) is 47.5 Å². The van der Waals surface area contributed by atoms with Crippen molar-refractivity contribution in [2.45, 2.75) is 35.5 Å². The number of carbonyl (C=O) groups excluding carboxylic acids is 1. The lowest BCUT2D eigenvalue weighted by atomic mass is 9.96. The Balaban J connectivity index is 2.48. The van der Waals surface area contributed by atoms with Crippen molar-refractivity contribution in [1.82, 2.24) is 0 Å². The van der Waals surface area contributed by atoms with Gasteiger partial charge in [0.05, 0.1) is 12.0 Å². The molecule has 8 heteroatoms. The van der Waals surface area contributed by atoms with Crippen molar-refractivity contribution in [3.05, 3.63) is 18.2 Å². The maximum Gasteiger partial charge on any atom is 0.324 e. The van der Waals surface area contributed by atoms with Crippen LogP contribution in [0.4, 0.5) is 0 Å². The Hall–Kier alpha value is -1.60. The molecule has 6 nitrogen and oxygen atoms in total. The van der Waals surface area contributed by atoms with Crippen molar-refractivity contribution in [3.8, 4) is 11.5 Å². The number of carbonyl (C=O) groups is 2. The van der Waals surface area contributed by atoms with E-state index in [1.54, 1.807) is 18.2 Å². The molecule has 0 radical (unpaired) electrons. The Kier molecular flexibility index (Phi) is 6.23. The molecular weight excluding hydrogens is 356 g/mol. The van der Waals surface area contributed by atoms with Crippen LogP contribution >= 0.6 is 23.4 Å². The molecule has 1 aliphatic heterocycles. The molecule has 0 aliphatic carbocycles. The maximum absolute atomic E-state index is 12.1. The number of hydrogen-bond donors (Lipinski definition) is 1. The zero-order valence-electron chi connectivity index (χ0n) is 13.4. The van der Waals surface area contributed by atoms with Crippen molar-refractivity contribution in [1.29, 1.82) is 0 Å². The number of carboxylic acids is 1. The first-order valence-electron chi connectivity index (χ1n) is 7.39. The first kappa shape index (κ1) is 18.7. The second kappa shape index (κ2) is 7.98. The highest BCUT2D eigenvalue weighted by Crippen LogP contribution is 2.48. The molecule has 132 valence electrons. The first-order chi connectivity index (χ1) is 11.4. The number of carboxylic acid groups (broad SMARTS) is 1. The van der Waals surface area contributed by atoms with Crippen molar-refractivity contribution < 1.29 is 28.9 Å². The van der Waals surface area contributed by atoms with E-state index >= 15 is 0 Å². The molecule has 2 rings (SSSR count). The van der Waals surface area contributed by atoms with Gasteiger partial charge in [0, 0.05) is 12.8 Å². The zero-order valence-corrected chi connectivity index (χ0v) is 15.0. The van der Waals surface area contributed by atoms with Crippen molar-refractivity contribution in [2.24, 2.45) is 0 Å². The van der Waals surface area contributed by atoms with E-state index in [2.05, 4.69) is 0 Å². The molecule has 0 saturated heterocycles. The molecule has 1 heterocycles. The Morgan fingerprint density at radius 1 is 1.50 bits per heavy atom. The molecule has 0 bridgehead atoms. The summed E-state index contributed by atoms with van der Waals surface area (Å²) in [6.07, 6.45) is -0.217. The summed E-state index contributed by atoms with van der Waals surface area (Å²) in [6, 6.07) is 5.16. The predicted molar refractivity (Wildman–Crippen MR) is 90.2 cm³/mol. The quantitative estimate of drug-likeness (QED) is 0.605. The number of alkyl halides is 1. The second-order valence-corrected chi connectivity index (χ2v) is 7.06. The molecule has 2 unspecified atom stereocenters. The maximum atomic E-state index is 12.1. The van der Waals surface area contributed by atoms with E-state index in [1.165, 1.54) is 14.0 Å². The summed E-state index contributed by atoms with van der Waals surface area (Å²) in [6.45, 7) is 1.21. The number of thioether (sulfide) groups is 1. The molecule has 2 atom stereocenters. The fourth-order valence-corrected chi connectivity index (χ4v) is 4.05. The van der Waals surface area contributed by atoms with Gasteiger partial charge in [-0.05, 0) is 31.0 Å². The smallest absolute Gasteiger partial charge is 0.324 e. The number of esters is 1. The summed E-state index contributed by atoms with van der Waals surface area (Å²) >= 11 is 6.88. The van der Waals surface area contributed by atoms with Gasteiger partial charge in [0.2, 0.25) is 0 Å². The van der Waals surface area contributed by atoms with E-state index in [0.29, 0.717) is 28.7 Å². The van der Waals surface area contributed by atoms with E-state index in [0.717, 1.165) is 11.8 Å². The van der Waals surface area contributed by atoms with Gasteiger partial charge in [0.25, 0.3) is 0 Å². The highest BCUT2D eigenvalue weighted by molar-refractivity contribution is 8.01. The average Bonchev–Trinajstić information content (AvgIpc) is 2.69. The standard InChI is InChI=1S/C16H19ClO6S/c1-10(18)23-14-9-22-12-5-4-11(21-2)8-13(12)24-16(14,15(19)20)6-3-7-17/h4-5,8,14H,3,6-7,9H2,1-2H3,(H,19,20). The Morgan fingerprint density at radius 2 is 2.25 bits per heavy atom. The number of aliphatic carboxylic acids is 1. The fraction of sp³-hybridized carbons (Fsp3) is 0.500. The number of halogens is 1. The number of ether oxygens (including phenoxy) is 3. The number of hydrogen-bond acceptors (Lipinski definition) is 6. The van der Waals surface area contributed by atoms with Gasteiger partial charge in [-0.25, -0.2) is 0 Å². The van der Waals surface area contributed by atoms with Crippen LogP contribution in [0.1, 0.15) is 19.8 Å². The van der Waals surface area contributed by atoms with Crippen LogP contribution in [0.2, 0.25) is 0 Å². The van der Waals surface area contributed by atoms with Crippen LogP contribution < -0.4 is 9.47 Å². The molecule has 1 aromatic carbocycles. The summed E-state index contributed by atoms with van der Waals surface area (Å²) in [7, 11) is 1.53. The van der Waals surface area contributed by atoms with Crippen molar-refractivity contribution in [3.63, 3.8) is 0 Å². The van der Waals surface area contributed by atoms with Crippen LogP contribution in [0.15, 0.2) is 23.1 Å². The minimum atomic E-state index is -1.38. The summed E-state index contributed by atoms with van der Waals surface area (Å²) in [5.74, 6) is -0.180. The number of rotatable bonds is 6. The molecule has 0 aromatic heterocycles. The van der Waals surface area contributed by atoms with Crippen molar-refractivity contribution in [2.75, 3.05) is 19.6 Å². The molecule has 0 amide bonds. The topological polar surface area (TPSA) is 82.1 Å². The van der Waals surface area contributed by atoms with E-state index in [1.807, 2.05) is 0 Å². The van der Waals surface area contributed by atoms with E-state index in [9.17, 15) is 14.7 Å². The van der Waals surface area contributed by atoms with Gasteiger partial charge in [-0.3, -0.25) is 9.59 Å². The highest BCUT2D eigenvalue weighted by Gasteiger charge is 2.51. The van der Waals surface area contributed by atoms with Gasteiger partial charge >= 0.3 is 11.9 Å². The second-order valence-electron chi connectivity index (χ2n) is 5.31. The van der Waals surface area contributed by atoms with Crippen LogP contribution in [-0.2, 0) is 14.3 Å². The van der Waals surface area contributed by atoms with Crippen LogP contribution in [0.25, 0.3) is 0 Å². The first-order valence-corrected chi connectivity index (χ1v) is 8.74. The molecule has 1 aliphatic rings.